The second kappa shape index (κ2) is 5.88. The molecule has 0 radical (unpaired) electrons. The van der Waals surface area contributed by atoms with E-state index in [1.54, 1.807) is 0 Å². The Morgan fingerprint density at radius 2 is 2.00 bits per heavy atom. The fourth-order valence-corrected chi connectivity index (χ4v) is 3.93. The molecule has 0 bridgehead atoms. The van der Waals surface area contributed by atoms with E-state index >= 15 is 0 Å². The normalized spacial score (nSPS) is 16.5. The average molecular weight is 299 g/mol. The van der Waals surface area contributed by atoms with Crippen LogP contribution in [0, 0.1) is 0 Å². The number of fused-ring (bicyclic) bond motifs is 1. The van der Waals surface area contributed by atoms with Crippen LogP contribution in [0.15, 0.2) is 24.4 Å². The summed E-state index contributed by atoms with van der Waals surface area (Å²) in [5, 5.41) is 1.08. The summed E-state index contributed by atoms with van der Waals surface area (Å²) in [6, 6.07) is 6.89. The van der Waals surface area contributed by atoms with Crippen molar-refractivity contribution in [3.05, 3.63) is 35.5 Å². The summed E-state index contributed by atoms with van der Waals surface area (Å²) in [6.07, 6.45) is 8.03. The van der Waals surface area contributed by atoms with Gasteiger partial charge in [-0.1, -0.05) is 25.1 Å². The van der Waals surface area contributed by atoms with E-state index in [0.29, 0.717) is 12.6 Å². The zero-order chi connectivity index (χ0) is 15.7. The number of Topliss-reactive ketones (excluding diaryl/α,β-unsaturated/α-hetero) is 1. The molecule has 118 valence electrons. The molecule has 3 rings (SSSR count). The van der Waals surface area contributed by atoms with E-state index in [1.165, 1.54) is 31.2 Å². The second-order valence-corrected chi connectivity index (χ2v) is 7.19. The van der Waals surface area contributed by atoms with E-state index < -0.39 is 0 Å². The number of nitrogens with zero attached hydrogens (tertiary/aromatic N) is 1. The van der Waals surface area contributed by atoms with E-state index in [4.69, 9.17) is 0 Å². The first kappa shape index (κ1) is 15.3. The molecule has 1 aliphatic rings. The fraction of sp³-hybridized carbons (Fsp3) is 0.526. The van der Waals surface area contributed by atoms with Crippen molar-refractivity contribution in [2.75, 3.05) is 20.6 Å². The van der Waals surface area contributed by atoms with Crippen LogP contribution in [-0.2, 0) is 6.42 Å². The summed E-state index contributed by atoms with van der Waals surface area (Å²) in [6.45, 7) is 2.74. The molecule has 2 aromatic rings. The van der Waals surface area contributed by atoms with Crippen LogP contribution < -0.4 is 0 Å². The number of aryl methyl sites for hydroxylation is 1. The van der Waals surface area contributed by atoms with Crippen molar-refractivity contribution < 1.29 is 9.28 Å². The van der Waals surface area contributed by atoms with Gasteiger partial charge in [0.05, 0.1) is 20.1 Å². The van der Waals surface area contributed by atoms with E-state index in [0.717, 1.165) is 27.4 Å². The van der Waals surface area contributed by atoms with Gasteiger partial charge in [0.25, 0.3) is 0 Å². The van der Waals surface area contributed by atoms with Crippen molar-refractivity contribution in [1.29, 1.82) is 0 Å². The highest BCUT2D eigenvalue weighted by Crippen LogP contribution is 2.28. The molecule has 1 aromatic carbocycles. The van der Waals surface area contributed by atoms with Crippen molar-refractivity contribution in [3.8, 4) is 0 Å². The highest BCUT2D eigenvalue weighted by Gasteiger charge is 2.33. The molecule has 3 heteroatoms. The molecule has 1 aromatic heterocycles. The molecule has 22 heavy (non-hydrogen) atoms. The lowest BCUT2D eigenvalue weighted by atomic mass is 10.0. The number of hydrogen-bond acceptors (Lipinski definition) is 1. The smallest absolute Gasteiger partial charge is 0.219 e. The van der Waals surface area contributed by atoms with Crippen molar-refractivity contribution in [2.45, 2.75) is 45.1 Å². The third-order valence-corrected chi connectivity index (χ3v) is 5.35. The molecule has 1 heterocycles. The van der Waals surface area contributed by atoms with Gasteiger partial charge in [-0.25, -0.2) is 0 Å². The van der Waals surface area contributed by atoms with Crippen LogP contribution in [0.5, 0.6) is 0 Å². The van der Waals surface area contributed by atoms with E-state index in [1.807, 2.05) is 6.20 Å². The van der Waals surface area contributed by atoms with Crippen LogP contribution in [0.25, 0.3) is 10.9 Å². The molecule has 0 saturated heterocycles. The first-order chi connectivity index (χ1) is 10.5. The van der Waals surface area contributed by atoms with Gasteiger partial charge >= 0.3 is 0 Å². The number of ketones is 1. The predicted molar refractivity (Wildman–Crippen MR) is 91.2 cm³/mol. The number of likely N-dealkylation sites (N-methyl/N-ethyl adjacent to an activating group) is 1. The third-order valence-electron chi connectivity index (χ3n) is 5.35. The maximum absolute atomic E-state index is 12.9. The third kappa shape index (κ3) is 2.70. The Kier molecular flexibility index (Phi) is 4.09. The minimum absolute atomic E-state index is 0.261. The maximum atomic E-state index is 12.9. The first-order valence-electron chi connectivity index (χ1n) is 8.48. The lowest BCUT2D eigenvalue weighted by molar-refractivity contribution is -0.906. The average Bonchev–Trinajstić information content (AvgIpc) is 3.15. The Hall–Kier alpha value is -1.61. The molecule has 1 aliphatic carbocycles. The van der Waals surface area contributed by atoms with E-state index in [-0.39, 0.29) is 5.78 Å². The number of quaternary nitrogens is 1. The van der Waals surface area contributed by atoms with Gasteiger partial charge in [-0.3, -0.25) is 4.79 Å². The minimum atomic E-state index is 0.261. The number of carbonyl (C=O) groups is 1. The van der Waals surface area contributed by atoms with Gasteiger partial charge in [0.15, 0.2) is 0 Å². The molecular weight excluding hydrogens is 272 g/mol. The van der Waals surface area contributed by atoms with E-state index in [9.17, 15) is 4.79 Å². The fourth-order valence-electron chi connectivity index (χ4n) is 3.93. The van der Waals surface area contributed by atoms with Gasteiger partial charge in [-0.2, -0.15) is 0 Å². The minimum Gasteiger partial charge on any atom is -0.360 e. The Bertz CT molecular complexity index is 678. The van der Waals surface area contributed by atoms with Crippen LogP contribution >= 0.6 is 0 Å². The van der Waals surface area contributed by atoms with Crippen LogP contribution in [0.3, 0.4) is 0 Å². The molecule has 1 N–H and O–H groups in total. The summed E-state index contributed by atoms with van der Waals surface area (Å²) in [4.78, 5) is 16.2. The number of para-hydroxylation sites is 1. The lowest BCUT2D eigenvalue weighted by Gasteiger charge is -2.35. The molecule has 0 unspecified atom stereocenters. The first-order valence-corrected chi connectivity index (χ1v) is 8.48. The van der Waals surface area contributed by atoms with Crippen molar-refractivity contribution in [2.24, 2.45) is 0 Å². The Balaban J connectivity index is 1.86. The van der Waals surface area contributed by atoms with Crippen molar-refractivity contribution >= 4 is 16.7 Å². The molecule has 1 saturated carbocycles. The van der Waals surface area contributed by atoms with Crippen LogP contribution in [-0.4, -0.2) is 41.9 Å². The number of rotatable bonds is 5. The maximum Gasteiger partial charge on any atom is 0.219 e. The van der Waals surface area contributed by atoms with Gasteiger partial charge in [0, 0.05) is 22.7 Å². The summed E-state index contributed by atoms with van der Waals surface area (Å²) < 4.78 is 0.818. The zero-order valence-corrected chi connectivity index (χ0v) is 14.0. The number of hydrogen-bond donors (Lipinski definition) is 1. The summed E-state index contributed by atoms with van der Waals surface area (Å²) in [5.74, 6) is 0.261. The highest BCUT2D eigenvalue weighted by atomic mass is 16.1. The van der Waals surface area contributed by atoms with Gasteiger partial charge in [0.1, 0.15) is 6.54 Å². The number of benzene rings is 1. The quantitative estimate of drug-likeness (QED) is 0.658. The van der Waals surface area contributed by atoms with Gasteiger partial charge in [-0.15, -0.1) is 0 Å². The van der Waals surface area contributed by atoms with Gasteiger partial charge in [-0.05, 0) is 37.7 Å². The van der Waals surface area contributed by atoms with Gasteiger partial charge in [0.2, 0.25) is 5.78 Å². The highest BCUT2D eigenvalue weighted by molar-refractivity contribution is 6.09. The van der Waals surface area contributed by atoms with Crippen LogP contribution in [0.4, 0.5) is 0 Å². The molecular formula is C19H27N2O+. The Labute approximate surface area is 132 Å². The number of H-pyrrole nitrogens is 1. The second-order valence-electron chi connectivity index (χ2n) is 7.19. The summed E-state index contributed by atoms with van der Waals surface area (Å²) in [7, 11) is 4.42. The monoisotopic (exact) mass is 299 g/mol. The summed E-state index contributed by atoms with van der Waals surface area (Å²) in [5.41, 5.74) is 3.26. The molecule has 3 nitrogen and oxygen atoms in total. The zero-order valence-electron chi connectivity index (χ0n) is 14.0. The van der Waals surface area contributed by atoms with Crippen molar-refractivity contribution in [3.63, 3.8) is 0 Å². The molecule has 0 amide bonds. The SMILES string of the molecule is CCc1cccc2c(C(=O)C[N+](C)(C)C3CCCC3)c[nH]c12. The Morgan fingerprint density at radius 3 is 2.68 bits per heavy atom. The van der Waals surface area contributed by atoms with Crippen molar-refractivity contribution in [1.82, 2.24) is 4.98 Å². The predicted octanol–water partition coefficient (Wildman–Crippen LogP) is 3.93. The lowest BCUT2D eigenvalue weighted by Crippen LogP contribution is -2.50. The van der Waals surface area contributed by atoms with Crippen LogP contribution in [0.1, 0.15) is 48.5 Å². The number of aromatic nitrogens is 1. The molecule has 0 atom stereocenters. The van der Waals surface area contributed by atoms with Gasteiger partial charge < -0.3 is 9.47 Å². The van der Waals surface area contributed by atoms with Crippen LogP contribution in [0.2, 0.25) is 0 Å². The Morgan fingerprint density at radius 1 is 1.27 bits per heavy atom. The largest absolute Gasteiger partial charge is 0.360 e. The standard InChI is InChI=1S/C19H26N2O/c1-4-14-8-7-11-16-17(12-20-19(14)16)18(22)13-21(2,3)15-9-5-6-10-15/h7-8,11-12,15H,4-6,9-10,13H2,1-3H3/p+1. The number of carbonyl (C=O) groups excluding carboxylic acids is 1. The summed E-state index contributed by atoms with van der Waals surface area (Å²) >= 11 is 0. The molecule has 0 aliphatic heterocycles. The molecule has 1 fully saturated rings. The molecule has 0 spiro atoms. The number of nitrogens with one attached hydrogen (secondary N) is 1. The van der Waals surface area contributed by atoms with E-state index in [2.05, 4.69) is 44.2 Å². The topological polar surface area (TPSA) is 32.9 Å². The number of aromatic amines is 1.